The molecule has 17 heavy (non-hydrogen) atoms. The van der Waals surface area contributed by atoms with Crippen molar-refractivity contribution in [1.29, 1.82) is 0 Å². The minimum absolute atomic E-state index is 0.539. The molecule has 0 radical (unpaired) electrons. The Morgan fingerprint density at radius 2 is 2.18 bits per heavy atom. The first kappa shape index (κ1) is 13.1. The van der Waals surface area contributed by atoms with Crippen LogP contribution >= 0.6 is 15.9 Å². The van der Waals surface area contributed by atoms with Crippen molar-refractivity contribution in [3.8, 4) is 0 Å². The molecule has 1 unspecified atom stereocenters. The first-order valence-electron chi connectivity index (χ1n) is 6.02. The Morgan fingerprint density at radius 1 is 1.41 bits per heavy atom. The number of nitrogens with one attached hydrogen (secondary N) is 1. The van der Waals surface area contributed by atoms with Crippen LogP contribution in [0.5, 0.6) is 0 Å². The lowest BCUT2D eigenvalue weighted by Crippen LogP contribution is -2.46. The topological polar surface area (TPSA) is 37.6 Å². The summed E-state index contributed by atoms with van der Waals surface area (Å²) in [6, 6.07) is 4.44. The van der Waals surface area contributed by atoms with Gasteiger partial charge in [0.1, 0.15) is 5.76 Å². The molecule has 0 saturated carbocycles. The average molecular weight is 303 g/mol. The first-order valence-corrected chi connectivity index (χ1v) is 6.82. The third-order valence-corrected chi connectivity index (χ3v) is 3.46. The molecule has 1 aromatic heterocycles. The van der Waals surface area contributed by atoms with Gasteiger partial charge in [-0.15, -0.1) is 0 Å². The van der Waals surface area contributed by atoms with Crippen LogP contribution in [0.4, 0.5) is 0 Å². The summed E-state index contributed by atoms with van der Waals surface area (Å²) in [4.78, 5) is 2.45. The maximum absolute atomic E-state index is 5.43. The van der Waals surface area contributed by atoms with E-state index in [2.05, 4.69) is 33.1 Å². The van der Waals surface area contributed by atoms with Crippen molar-refractivity contribution in [2.45, 2.75) is 19.5 Å². The van der Waals surface area contributed by atoms with Gasteiger partial charge in [-0.1, -0.05) is 0 Å². The molecule has 0 aromatic carbocycles. The van der Waals surface area contributed by atoms with Crippen LogP contribution in [0.3, 0.4) is 0 Å². The smallest absolute Gasteiger partial charge is 0.169 e. The lowest BCUT2D eigenvalue weighted by atomic mass is 10.2. The van der Waals surface area contributed by atoms with Crippen molar-refractivity contribution in [2.24, 2.45) is 0 Å². The Labute approximate surface area is 110 Å². The molecule has 1 fully saturated rings. The molecular formula is C12H19BrN2O2. The fraction of sp³-hybridized carbons (Fsp3) is 0.667. The van der Waals surface area contributed by atoms with Gasteiger partial charge in [0.2, 0.25) is 0 Å². The molecule has 4 nitrogen and oxygen atoms in total. The van der Waals surface area contributed by atoms with Crippen LogP contribution in [0.1, 0.15) is 12.7 Å². The fourth-order valence-electron chi connectivity index (χ4n) is 2.00. The van der Waals surface area contributed by atoms with Crippen LogP contribution in [0.15, 0.2) is 21.2 Å². The van der Waals surface area contributed by atoms with Crippen LogP contribution < -0.4 is 5.32 Å². The maximum atomic E-state index is 5.43. The second-order valence-corrected chi connectivity index (χ2v) is 5.12. The van der Waals surface area contributed by atoms with Crippen molar-refractivity contribution >= 4 is 15.9 Å². The summed E-state index contributed by atoms with van der Waals surface area (Å²) >= 11 is 3.30. The highest BCUT2D eigenvalue weighted by atomic mass is 79.9. The molecule has 1 aliphatic heterocycles. The molecule has 2 rings (SSSR count). The Balaban J connectivity index is 1.67. The van der Waals surface area contributed by atoms with Gasteiger partial charge in [-0.25, -0.2) is 0 Å². The Morgan fingerprint density at radius 3 is 2.82 bits per heavy atom. The lowest BCUT2D eigenvalue weighted by molar-refractivity contribution is 0.0203. The Bertz CT molecular complexity index is 337. The van der Waals surface area contributed by atoms with Gasteiger partial charge in [-0.2, -0.15) is 0 Å². The van der Waals surface area contributed by atoms with E-state index in [1.807, 2.05) is 12.1 Å². The summed E-state index contributed by atoms with van der Waals surface area (Å²) in [6.07, 6.45) is 0. The fourth-order valence-corrected chi connectivity index (χ4v) is 2.34. The number of hydrogen-bond acceptors (Lipinski definition) is 4. The van der Waals surface area contributed by atoms with E-state index in [9.17, 15) is 0 Å². The molecule has 96 valence electrons. The lowest BCUT2D eigenvalue weighted by Gasteiger charge is -2.32. The molecule has 1 aliphatic rings. The second-order valence-electron chi connectivity index (χ2n) is 4.33. The summed E-state index contributed by atoms with van der Waals surface area (Å²) in [6.45, 7) is 7.78. The number of hydrogen-bond donors (Lipinski definition) is 1. The standard InChI is InChI=1S/C12H19BrN2O2/c1-10(15-4-6-16-7-5-15)8-14-9-11-2-3-12(13)17-11/h2-3,10,14H,4-9H2,1H3. The third kappa shape index (κ3) is 4.10. The van der Waals surface area contributed by atoms with E-state index in [-0.39, 0.29) is 0 Å². The molecule has 0 amide bonds. The van der Waals surface area contributed by atoms with Gasteiger partial charge in [0, 0.05) is 25.7 Å². The largest absolute Gasteiger partial charge is 0.453 e. The van der Waals surface area contributed by atoms with Gasteiger partial charge in [0.25, 0.3) is 0 Å². The zero-order valence-corrected chi connectivity index (χ0v) is 11.7. The number of ether oxygens (including phenoxy) is 1. The summed E-state index contributed by atoms with van der Waals surface area (Å²) in [5.41, 5.74) is 0. The third-order valence-electron chi connectivity index (χ3n) is 3.04. The number of furan rings is 1. The molecule has 1 N–H and O–H groups in total. The van der Waals surface area contributed by atoms with Crippen molar-refractivity contribution in [3.63, 3.8) is 0 Å². The normalized spacial score (nSPS) is 19.4. The van der Waals surface area contributed by atoms with E-state index >= 15 is 0 Å². The van der Waals surface area contributed by atoms with E-state index < -0.39 is 0 Å². The summed E-state index contributed by atoms with van der Waals surface area (Å²) in [7, 11) is 0. The van der Waals surface area contributed by atoms with Gasteiger partial charge >= 0.3 is 0 Å². The highest BCUT2D eigenvalue weighted by Gasteiger charge is 2.16. The van der Waals surface area contributed by atoms with E-state index in [1.54, 1.807) is 0 Å². The zero-order valence-electron chi connectivity index (χ0n) is 10.1. The molecule has 0 spiro atoms. The van der Waals surface area contributed by atoms with E-state index in [1.165, 1.54) is 0 Å². The predicted molar refractivity (Wildman–Crippen MR) is 70.0 cm³/mol. The van der Waals surface area contributed by atoms with E-state index in [4.69, 9.17) is 9.15 Å². The molecular weight excluding hydrogens is 284 g/mol. The monoisotopic (exact) mass is 302 g/mol. The Kier molecular flexibility index (Phi) is 5.03. The van der Waals surface area contributed by atoms with E-state index in [0.29, 0.717) is 6.04 Å². The highest BCUT2D eigenvalue weighted by molar-refractivity contribution is 9.10. The Hall–Kier alpha value is -0.360. The number of rotatable bonds is 5. The molecule has 0 aliphatic carbocycles. The van der Waals surface area contributed by atoms with Crippen LogP contribution in [0, 0.1) is 0 Å². The van der Waals surface area contributed by atoms with Gasteiger partial charge < -0.3 is 14.5 Å². The summed E-state index contributed by atoms with van der Waals surface area (Å²) < 4.78 is 11.6. The molecule has 0 bridgehead atoms. The minimum Gasteiger partial charge on any atom is -0.453 e. The minimum atomic E-state index is 0.539. The quantitative estimate of drug-likeness (QED) is 0.901. The predicted octanol–water partition coefficient (Wildman–Crippen LogP) is 1.85. The molecule has 1 atom stereocenters. The number of halogens is 1. The van der Waals surface area contributed by atoms with Crippen LogP contribution in [-0.4, -0.2) is 43.8 Å². The number of morpholine rings is 1. The highest BCUT2D eigenvalue weighted by Crippen LogP contribution is 2.13. The SMILES string of the molecule is CC(CNCc1ccc(Br)o1)N1CCOCC1. The molecule has 1 saturated heterocycles. The summed E-state index contributed by atoms with van der Waals surface area (Å²) in [5, 5.41) is 3.42. The zero-order chi connectivity index (χ0) is 12.1. The van der Waals surface area contributed by atoms with Crippen molar-refractivity contribution in [3.05, 3.63) is 22.6 Å². The molecule has 5 heteroatoms. The summed E-state index contributed by atoms with van der Waals surface area (Å²) in [5.74, 6) is 0.964. The van der Waals surface area contributed by atoms with Gasteiger partial charge in [0.05, 0.1) is 19.8 Å². The van der Waals surface area contributed by atoms with Crippen molar-refractivity contribution in [1.82, 2.24) is 10.2 Å². The van der Waals surface area contributed by atoms with E-state index in [0.717, 1.165) is 49.8 Å². The van der Waals surface area contributed by atoms with Crippen LogP contribution in [0.2, 0.25) is 0 Å². The average Bonchev–Trinajstić information content (AvgIpc) is 2.76. The van der Waals surface area contributed by atoms with Gasteiger partial charge in [0.15, 0.2) is 4.67 Å². The van der Waals surface area contributed by atoms with Crippen LogP contribution in [0.25, 0.3) is 0 Å². The second kappa shape index (κ2) is 6.54. The van der Waals surface area contributed by atoms with Gasteiger partial charge in [-0.3, -0.25) is 4.90 Å². The van der Waals surface area contributed by atoms with Gasteiger partial charge in [-0.05, 0) is 35.0 Å². The first-order chi connectivity index (χ1) is 8.25. The van der Waals surface area contributed by atoms with Crippen LogP contribution in [-0.2, 0) is 11.3 Å². The van der Waals surface area contributed by atoms with Crippen molar-refractivity contribution < 1.29 is 9.15 Å². The molecule has 1 aromatic rings. The molecule has 2 heterocycles. The maximum Gasteiger partial charge on any atom is 0.169 e. The van der Waals surface area contributed by atoms with Crippen molar-refractivity contribution in [2.75, 3.05) is 32.8 Å². The number of nitrogens with zero attached hydrogens (tertiary/aromatic N) is 1.